The number of nitrogens with two attached hydrogens (primary N) is 2. The number of hydrogen-bond donors (Lipinski definition) is 4. The molecule has 0 spiro atoms. The number of ether oxygens (including phenoxy) is 2. The third-order valence-electron chi connectivity index (χ3n) is 4.82. The molecule has 192 valence electrons. The number of hydrazine groups is 1. The normalized spacial score (nSPS) is 15.9. The second-order valence-electron chi connectivity index (χ2n) is 8.19. The van der Waals surface area contributed by atoms with Crippen molar-refractivity contribution in [1.29, 1.82) is 0 Å². The molecule has 1 fully saturated rings. The van der Waals surface area contributed by atoms with E-state index in [1.54, 1.807) is 19.1 Å². The Morgan fingerprint density at radius 2 is 2.03 bits per heavy atom. The molecule has 0 aliphatic carbocycles. The van der Waals surface area contributed by atoms with E-state index in [4.69, 9.17) is 26.2 Å². The Labute approximate surface area is 204 Å². The van der Waals surface area contributed by atoms with Crippen molar-refractivity contribution in [1.82, 2.24) is 20.4 Å². The zero-order valence-corrected chi connectivity index (χ0v) is 20.5. The first-order chi connectivity index (χ1) is 16.6. The van der Waals surface area contributed by atoms with Gasteiger partial charge >= 0.3 is 0 Å². The van der Waals surface area contributed by atoms with Crippen LogP contribution in [-0.4, -0.2) is 71.5 Å². The summed E-state index contributed by atoms with van der Waals surface area (Å²) < 4.78 is 23.8. The molecule has 6 N–H and O–H groups in total. The number of benzene rings is 1. The number of aromatic nitrogens is 2. The quantitative estimate of drug-likeness (QED) is 0.190. The molecule has 0 saturated carbocycles. The van der Waals surface area contributed by atoms with Gasteiger partial charge in [-0.3, -0.25) is 4.79 Å². The Morgan fingerprint density at radius 1 is 1.31 bits per heavy atom. The Kier molecular flexibility index (Phi) is 10.9. The first kappa shape index (κ1) is 28.1. The van der Waals surface area contributed by atoms with Gasteiger partial charge < -0.3 is 25.6 Å². The molecule has 1 aromatic heterocycles. The number of carbonyl (C=O) groups is 1. The topological polar surface area (TPSA) is 161 Å². The van der Waals surface area contributed by atoms with Crippen LogP contribution >= 0.6 is 0 Å². The van der Waals surface area contributed by atoms with Crippen LogP contribution in [0.4, 0.5) is 4.39 Å². The van der Waals surface area contributed by atoms with Crippen LogP contribution in [0.15, 0.2) is 29.4 Å². The predicted octanol–water partition coefficient (Wildman–Crippen LogP) is 0.797. The average molecular weight is 492 g/mol. The van der Waals surface area contributed by atoms with Gasteiger partial charge in [0.15, 0.2) is 5.84 Å². The first-order valence-corrected chi connectivity index (χ1v) is 11.2. The fourth-order valence-corrected chi connectivity index (χ4v) is 3.10. The lowest BCUT2D eigenvalue weighted by atomic mass is 10.00. The van der Waals surface area contributed by atoms with E-state index in [1.807, 2.05) is 13.8 Å². The predicted molar refractivity (Wildman–Crippen MR) is 129 cm³/mol. The molecule has 1 amide bonds. The molecule has 0 bridgehead atoms. The summed E-state index contributed by atoms with van der Waals surface area (Å²) in [6.07, 6.45) is -0.0799. The number of amidine groups is 1. The van der Waals surface area contributed by atoms with Crippen LogP contribution in [0.3, 0.4) is 0 Å². The molecule has 2 heterocycles. The van der Waals surface area contributed by atoms with E-state index in [1.165, 1.54) is 19.2 Å². The molecule has 3 rings (SSSR count). The second-order valence-corrected chi connectivity index (χ2v) is 8.19. The fraction of sp³-hybridized carbons (Fsp3) is 0.478. The highest BCUT2D eigenvalue weighted by atomic mass is 19.1. The van der Waals surface area contributed by atoms with Crippen LogP contribution in [0, 0.1) is 12.7 Å². The molecule has 1 atom stereocenters. The summed E-state index contributed by atoms with van der Waals surface area (Å²) in [6, 6.07) is 6.23. The summed E-state index contributed by atoms with van der Waals surface area (Å²) in [6.45, 7) is 7.60. The summed E-state index contributed by atoms with van der Waals surface area (Å²) in [5.74, 6) is 5.28. The van der Waals surface area contributed by atoms with Crippen LogP contribution in [0.2, 0.25) is 0 Å². The van der Waals surface area contributed by atoms with Gasteiger partial charge in [0.2, 0.25) is 0 Å². The van der Waals surface area contributed by atoms with E-state index < -0.39 is 5.91 Å². The summed E-state index contributed by atoms with van der Waals surface area (Å²) in [7, 11) is 1.52. The van der Waals surface area contributed by atoms with Gasteiger partial charge in [0.05, 0.1) is 26.4 Å². The third-order valence-corrected chi connectivity index (χ3v) is 4.82. The van der Waals surface area contributed by atoms with Crippen molar-refractivity contribution >= 4 is 11.7 Å². The Balaban J connectivity index is 0.000000456. The van der Waals surface area contributed by atoms with Crippen molar-refractivity contribution in [3.8, 4) is 0 Å². The number of nitrogens with one attached hydrogen (secondary N) is 1. The lowest BCUT2D eigenvalue weighted by Gasteiger charge is -2.20. The number of nitrogens with zero attached hydrogens (tertiary/aromatic N) is 4. The van der Waals surface area contributed by atoms with E-state index in [-0.39, 0.29) is 42.5 Å². The highest BCUT2D eigenvalue weighted by molar-refractivity contribution is 5.99. The lowest BCUT2D eigenvalue weighted by molar-refractivity contribution is -0.105. The number of amides is 1. The summed E-state index contributed by atoms with van der Waals surface area (Å²) in [5, 5.41) is 16.2. The maximum atomic E-state index is 13.8. The monoisotopic (exact) mass is 491 g/mol. The molecule has 11 nitrogen and oxygen atoms in total. The zero-order chi connectivity index (χ0) is 26.0. The van der Waals surface area contributed by atoms with Gasteiger partial charge in [-0.15, -0.1) is 5.10 Å². The number of aliphatic hydroxyl groups is 1. The summed E-state index contributed by atoms with van der Waals surface area (Å²) >= 11 is 0. The minimum absolute atomic E-state index is 0.0515. The minimum atomic E-state index is -0.397. The molecular weight excluding hydrogens is 457 g/mol. The third kappa shape index (κ3) is 9.17. The summed E-state index contributed by atoms with van der Waals surface area (Å²) in [4.78, 5) is 20.7. The van der Waals surface area contributed by atoms with Crippen LogP contribution in [-0.2, 0) is 16.0 Å². The van der Waals surface area contributed by atoms with Crippen LogP contribution in [0.25, 0.3) is 0 Å². The molecule has 1 saturated heterocycles. The Morgan fingerprint density at radius 3 is 2.60 bits per heavy atom. The molecule has 1 aromatic carbocycles. The number of hydrogen-bond acceptors (Lipinski definition) is 9. The average Bonchev–Trinajstić information content (AvgIpc) is 2.83. The number of aryl methyl sites for hydroxylation is 1. The van der Waals surface area contributed by atoms with Gasteiger partial charge in [0, 0.05) is 13.6 Å². The molecule has 1 aliphatic rings. The van der Waals surface area contributed by atoms with Crippen molar-refractivity contribution in [2.24, 2.45) is 16.7 Å². The van der Waals surface area contributed by atoms with E-state index >= 15 is 0 Å². The Bertz CT molecular complexity index is 1010. The van der Waals surface area contributed by atoms with Gasteiger partial charge in [-0.2, -0.15) is 0 Å². The standard InChI is InChI=1S/C18H24FN7O.C5H10O3/c1-10(2)13-7-12(5-6-14(13)19)9-22-18(27)16-8-15(23-11(3)24-16)17(20)25-26(4)21;6-3-5-4-7-1-2-8-5/h5-8,10H,9,21H2,1-4H3,(H2,20,25)(H,22,27);5-6H,1-4H2/t;5-/m.1/s1. The van der Waals surface area contributed by atoms with Crippen LogP contribution < -0.4 is 16.9 Å². The number of halogens is 1. The molecule has 35 heavy (non-hydrogen) atoms. The fourth-order valence-electron chi connectivity index (χ4n) is 3.10. The van der Waals surface area contributed by atoms with Crippen LogP contribution in [0.5, 0.6) is 0 Å². The van der Waals surface area contributed by atoms with E-state index in [0.717, 1.165) is 10.7 Å². The van der Waals surface area contributed by atoms with Gasteiger partial charge in [0.1, 0.15) is 29.1 Å². The molecular formula is C23H34FN7O4. The first-order valence-electron chi connectivity index (χ1n) is 11.2. The number of hydrazone groups is 1. The SMILES string of the molecule is Cc1nc(C(=O)NCc2ccc(F)c(C(C)C)c2)cc(/C(N)=N/N(C)N)n1.OC[C@@H]1COCCO1. The van der Waals surface area contributed by atoms with Gasteiger partial charge in [-0.1, -0.05) is 26.0 Å². The largest absolute Gasteiger partial charge is 0.394 e. The lowest BCUT2D eigenvalue weighted by Crippen LogP contribution is -2.31. The van der Waals surface area contributed by atoms with E-state index in [2.05, 4.69) is 20.4 Å². The molecule has 12 heteroatoms. The van der Waals surface area contributed by atoms with Gasteiger partial charge in [0.25, 0.3) is 5.91 Å². The summed E-state index contributed by atoms with van der Waals surface area (Å²) in [5.41, 5.74) is 7.69. The smallest absolute Gasteiger partial charge is 0.270 e. The maximum absolute atomic E-state index is 13.8. The second kappa shape index (κ2) is 13.6. The highest BCUT2D eigenvalue weighted by Gasteiger charge is 2.14. The number of rotatable bonds is 7. The van der Waals surface area contributed by atoms with Crippen molar-refractivity contribution in [3.63, 3.8) is 0 Å². The zero-order valence-electron chi connectivity index (χ0n) is 20.5. The molecule has 0 radical (unpaired) electrons. The Hall–Kier alpha value is -3.19. The molecule has 0 unspecified atom stereocenters. The molecule has 2 aromatic rings. The van der Waals surface area contributed by atoms with E-state index in [9.17, 15) is 9.18 Å². The van der Waals surface area contributed by atoms with E-state index in [0.29, 0.717) is 36.9 Å². The minimum Gasteiger partial charge on any atom is -0.394 e. The van der Waals surface area contributed by atoms with Crippen LogP contribution in [0.1, 0.15) is 52.9 Å². The number of carbonyl (C=O) groups excluding carboxylic acids is 1. The number of aliphatic hydroxyl groups excluding tert-OH is 1. The van der Waals surface area contributed by atoms with Gasteiger partial charge in [-0.05, 0) is 36.1 Å². The van der Waals surface area contributed by atoms with Crippen molar-refractivity contribution in [2.45, 2.75) is 39.3 Å². The van der Waals surface area contributed by atoms with Gasteiger partial charge in [-0.25, -0.2) is 25.3 Å². The highest BCUT2D eigenvalue weighted by Crippen LogP contribution is 2.19. The van der Waals surface area contributed by atoms with Crippen molar-refractivity contribution in [3.05, 3.63) is 58.4 Å². The molecule has 1 aliphatic heterocycles. The van der Waals surface area contributed by atoms with Crippen molar-refractivity contribution in [2.75, 3.05) is 33.5 Å². The van der Waals surface area contributed by atoms with Crippen molar-refractivity contribution < 1.29 is 23.8 Å². The maximum Gasteiger partial charge on any atom is 0.270 e.